The number of carbonyl (C=O) groups is 1. The molecule has 2 atom stereocenters. The van der Waals surface area contributed by atoms with Gasteiger partial charge >= 0.3 is 6.03 Å². The van der Waals surface area contributed by atoms with Crippen molar-refractivity contribution in [2.24, 2.45) is 11.0 Å². The predicted molar refractivity (Wildman–Crippen MR) is 110 cm³/mol. The fraction of sp³-hybridized carbons (Fsp3) is 0.364. The monoisotopic (exact) mass is 396 g/mol. The summed E-state index contributed by atoms with van der Waals surface area (Å²) in [6, 6.07) is 13.8. The molecule has 2 aromatic carbocycles. The molecular formula is C22H25FN4O2. The first-order chi connectivity index (χ1) is 14.1. The molecule has 2 heterocycles. The molecule has 152 valence electrons. The molecule has 0 saturated heterocycles. The zero-order valence-electron chi connectivity index (χ0n) is 16.6. The molecule has 2 amide bonds. The van der Waals surface area contributed by atoms with Gasteiger partial charge in [-0.15, -0.1) is 0 Å². The summed E-state index contributed by atoms with van der Waals surface area (Å²) in [5, 5.41) is 9.33. The fourth-order valence-corrected chi connectivity index (χ4v) is 3.95. The molecule has 6 nitrogen and oxygen atoms in total. The van der Waals surface area contributed by atoms with Gasteiger partial charge in [-0.2, -0.15) is 5.10 Å². The second-order valence-electron chi connectivity index (χ2n) is 7.40. The van der Waals surface area contributed by atoms with Crippen LogP contribution in [0.15, 0.2) is 53.6 Å². The molecule has 0 saturated carbocycles. The maximum atomic E-state index is 13.9. The topological polar surface area (TPSA) is 57.2 Å². The van der Waals surface area contributed by atoms with Gasteiger partial charge in [-0.3, -0.25) is 0 Å². The van der Waals surface area contributed by atoms with Gasteiger partial charge in [0.15, 0.2) is 0 Å². The first-order valence-corrected chi connectivity index (χ1v) is 9.85. The van der Waals surface area contributed by atoms with Crippen LogP contribution in [0.1, 0.15) is 23.6 Å². The van der Waals surface area contributed by atoms with Crippen molar-refractivity contribution < 1.29 is 13.9 Å². The van der Waals surface area contributed by atoms with Crippen LogP contribution in [0.3, 0.4) is 0 Å². The van der Waals surface area contributed by atoms with Gasteiger partial charge in [0.05, 0.1) is 24.3 Å². The highest BCUT2D eigenvalue weighted by molar-refractivity contribution is 6.07. The van der Waals surface area contributed by atoms with Crippen LogP contribution in [0.4, 0.5) is 9.18 Å². The van der Waals surface area contributed by atoms with E-state index in [2.05, 4.69) is 5.32 Å². The Labute approximate surface area is 170 Å². The summed E-state index contributed by atoms with van der Waals surface area (Å²) in [5.41, 5.74) is 2.31. The van der Waals surface area contributed by atoms with Gasteiger partial charge in [0.25, 0.3) is 0 Å². The van der Waals surface area contributed by atoms with Crippen LogP contribution in [0.25, 0.3) is 0 Å². The molecule has 0 spiro atoms. The van der Waals surface area contributed by atoms with Crippen molar-refractivity contribution in [3.63, 3.8) is 0 Å². The average Bonchev–Trinajstić information content (AvgIpc) is 3.14. The fourth-order valence-electron chi connectivity index (χ4n) is 3.95. The minimum atomic E-state index is -0.346. The number of hydrogen-bond donors (Lipinski definition) is 1. The lowest BCUT2D eigenvalue weighted by molar-refractivity contribution is 0.133. The molecule has 1 N–H and O–H groups in total. The highest BCUT2D eigenvalue weighted by atomic mass is 19.1. The quantitative estimate of drug-likeness (QED) is 0.790. The molecule has 0 bridgehead atoms. The van der Waals surface area contributed by atoms with E-state index in [0.29, 0.717) is 30.2 Å². The first kappa shape index (κ1) is 19.4. The van der Waals surface area contributed by atoms with Gasteiger partial charge in [-0.25, -0.2) is 14.2 Å². The summed E-state index contributed by atoms with van der Waals surface area (Å²) in [6.45, 7) is 1.84. The number of urea groups is 1. The first-order valence-electron chi connectivity index (χ1n) is 9.85. The lowest BCUT2D eigenvalue weighted by Gasteiger charge is -2.31. The average molecular weight is 396 g/mol. The zero-order chi connectivity index (χ0) is 20.4. The van der Waals surface area contributed by atoms with Crippen LogP contribution in [-0.2, 0) is 0 Å². The van der Waals surface area contributed by atoms with Gasteiger partial charge < -0.3 is 15.0 Å². The largest absolute Gasteiger partial charge is 0.492 e. The Kier molecular flexibility index (Phi) is 5.49. The van der Waals surface area contributed by atoms with E-state index in [1.165, 1.54) is 17.1 Å². The summed E-state index contributed by atoms with van der Waals surface area (Å²) in [6.07, 6.45) is 0.847. The number of benzene rings is 2. The Morgan fingerprint density at radius 2 is 2.10 bits per heavy atom. The summed E-state index contributed by atoms with van der Waals surface area (Å²) in [5.74, 6) is 0.104. The number of rotatable bonds is 5. The second kappa shape index (κ2) is 8.21. The zero-order valence-corrected chi connectivity index (χ0v) is 16.6. The molecule has 7 heteroatoms. The van der Waals surface area contributed by atoms with Gasteiger partial charge in [-0.05, 0) is 43.8 Å². The van der Waals surface area contributed by atoms with Crippen molar-refractivity contribution >= 4 is 11.7 Å². The molecule has 0 aliphatic carbocycles. The van der Waals surface area contributed by atoms with Crippen molar-refractivity contribution in [2.45, 2.75) is 12.5 Å². The Morgan fingerprint density at radius 3 is 2.86 bits per heavy atom. The maximum absolute atomic E-state index is 13.9. The van der Waals surface area contributed by atoms with Crippen LogP contribution in [0.5, 0.6) is 5.75 Å². The number of amides is 2. The van der Waals surface area contributed by atoms with Crippen molar-refractivity contribution in [3.8, 4) is 5.75 Å². The molecule has 0 unspecified atom stereocenters. The third-order valence-corrected chi connectivity index (χ3v) is 5.43. The molecule has 4 rings (SSSR count). The molecule has 0 aromatic heterocycles. The predicted octanol–water partition coefficient (Wildman–Crippen LogP) is 3.26. The van der Waals surface area contributed by atoms with E-state index >= 15 is 0 Å². The third-order valence-electron chi connectivity index (χ3n) is 5.43. The number of nitrogens with one attached hydrogen (secondary N) is 1. The molecule has 2 aliphatic heterocycles. The molecule has 0 fully saturated rings. The maximum Gasteiger partial charge on any atom is 0.340 e. The Hall–Kier alpha value is -2.93. The number of nitrogens with zero attached hydrogens (tertiary/aromatic N) is 3. The minimum Gasteiger partial charge on any atom is -0.492 e. The van der Waals surface area contributed by atoms with Gasteiger partial charge in [0, 0.05) is 19.2 Å². The molecule has 0 radical (unpaired) electrons. The normalized spacial score (nSPS) is 19.8. The van der Waals surface area contributed by atoms with Crippen molar-refractivity contribution in [1.82, 2.24) is 15.2 Å². The van der Waals surface area contributed by atoms with E-state index in [1.807, 2.05) is 37.4 Å². The lowest BCUT2D eigenvalue weighted by atomic mass is 9.86. The number of halogens is 1. The Balaban J connectivity index is 1.70. The van der Waals surface area contributed by atoms with E-state index in [9.17, 15) is 9.18 Å². The third kappa shape index (κ3) is 3.70. The highest BCUT2D eigenvalue weighted by Crippen LogP contribution is 2.42. The molecular weight excluding hydrogens is 371 g/mol. The molecule has 2 aliphatic rings. The van der Waals surface area contributed by atoms with E-state index < -0.39 is 0 Å². The second-order valence-corrected chi connectivity index (χ2v) is 7.40. The van der Waals surface area contributed by atoms with Crippen LogP contribution >= 0.6 is 0 Å². The lowest BCUT2D eigenvalue weighted by Crippen LogP contribution is -2.41. The van der Waals surface area contributed by atoms with E-state index in [0.717, 1.165) is 18.5 Å². The highest BCUT2D eigenvalue weighted by Gasteiger charge is 2.45. The van der Waals surface area contributed by atoms with Crippen molar-refractivity contribution in [1.29, 1.82) is 0 Å². The number of ether oxygens (including phenoxy) is 1. The van der Waals surface area contributed by atoms with Gasteiger partial charge in [-0.1, -0.05) is 30.3 Å². The molecule has 2 aromatic rings. The van der Waals surface area contributed by atoms with Crippen LogP contribution < -0.4 is 10.1 Å². The minimum absolute atomic E-state index is 0.152. The number of fused-ring (bicyclic) bond motifs is 3. The van der Waals surface area contributed by atoms with Crippen LogP contribution in [0.2, 0.25) is 0 Å². The smallest absolute Gasteiger partial charge is 0.340 e. The summed E-state index contributed by atoms with van der Waals surface area (Å²) in [4.78, 5) is 14.9. The van der Waals surface area contributed by atoms with Crippen molar-refractivity contribution in [2.75, 3.05) is 33.8 Å². The summed E-state index contributed by atoms with van der Waals surface area (Å²) < 4.78 is 19.8. The summed E-state index contributed by atoms with van der Waals surface area (Å²) >= 11 is 0. The Morgan fingerprint density at radius 1 is 1.31 bits per heavy atom. The SMILES string of the molecule is CNCCCN(C)C(=O)N1N=C2c3cc(F)ccc3OC[C@@H]2[C@H]1c1ccccc1. The van der Waals surface area contributed by atoms with E-state index in [4.69, 9.17) is 9.84 Å². The van der Waals surface area contributed by atoms with Crippen molar-refractivity contribution in [3.05, 3.63) is 65.5 Å². The molecule has 29 heavy (non-hydrogen) atoms. The van der Waals surface area contributed by atoms with Gasteiger partial charge in [0.1, 0.15) is 11.6 Å². The van der Waals surface area contributed by atoms with E-state index in [-0.39, 0.29) is 23.8 Å². The Bertz CT molecular complexity index is 918. The number of carbonyl (C=O) groups excluding carboxylic acids is 1. The number of hydrogen-bond acceptors (Lipinski definition) is 4. The van der Waals surface area contributed by atoms with Crippen LogP contribution in [-0.4, -0.2) is 55.4 Å². The van der Waals surface area contributed by atoms with Crippen LogP contribution in [0, 0.1) is 11.7 Å². The van der Waals surface area contributed by atoms with E-state index in [1.54, 1.807) is 18.0 Å². The standard InChI is InChI=1S/C22H25FN4O2/c1-24-11-6-12-26(2)22(28)27-21(15-7-4-3-5-8-15)18-14-29-19-10-9-16(23)13-17(19)20(18)25-27/h3-5,7-10,13,18,21,24H,6,11-12,14H2,1-2H3/t18-,21+/m0/s1. The number of hydrazone groups is 1. The van der Waals surface area contributed by atoms with Gasteiger partial charge in [0.2, 0.25) is 0 Å². The summed E-state index contributed by atoms with van der Waals surface area (Å²) in [7, 11) is 3.67.